The van der Waals surface area contributed by atoms with Crippen molar-refractivity contribution in [3.8, 4) is 5.75 Å². The van der Waals surface area contributed by atoms with Crippen molar-refractivity contribution in [2.75, 3.05) is 12.4 Å². The highest BCUT2D eigenvalue weighted by molar-refractivity contribution is 6.14. The number of nitrogens with zero attached hydrogens (tertiary/aromatic N) is 3. The van der Waals surface area contributed by atoms with Crippen molar-refractivity contribution in [2.24, 2.45) is 0 Å². The van der Waals surface area contributed by atoms with Crippen LogP contribution in [-0.2, 0) is 22.7 Å². The van der Waals surface area contributed by atoms with Crippen LogP contribution in [-0.4, -0.2) is 50.9 Å². The van der Waals surface area contributed by atoms with Crippen LogP contribution in [0.5, 0.6) is 5.75 Å². The fourth-order valence-corrected chi connectivity index (χ4v) is 5.40. The number of carbonyl (C=O) groups is 3. The molecular formula is C27H31N5O4. The summed E-state index contributed by atoms with van der Waals surface area (Å²) in [6.45, 7) is 3.63. The van der Waals surface area contributed by atoms with E-state index in [1.54, 1.807) is 24.3 Å². The van der Waals surface area contributed by atoms with Crippen molar-refractivity contribution in [2.45, 2.75) is 64.2 Å². The van der Waals surface area contributed by atoms with Crippen molar-refractivity contribution in [1.82, 2.24) is 19.8 Å². The first kappa shape index (κ1) is 23.8. The normalized spacial score (nSPS) is 19.9. The lowest BCUT2D eigenvalue weighted by molar-refractivity contribution is -0.133. The SMILES string of the molecule is COc1ccc2c(c1)c(NC(C)=O)c1n2C[C@@](C)(C(=O)NC2CCCC2)N(Cc2ccccn2)C1=O. The number of rotatable bonds is 6. The minimum atomic E-state index is -1.16. The number of amides is 3. The lowest BCUT2D eigenvalue weighted by atomic mass is 9.93. The molecule has 188 valence electrons. The molecule has 1 aliphatic heterocycles. The van der Waals surface area contributed by atoms with E-state index in [4.69, 9.17) is 4.74 Å². The maximum absolute atomic E-state index is 14.2. The molecular weight excluding hydrogens is 458 g/mol. The molecule has 1 aromatic carbocycles. The van der Waals surface area contributed by atoms with Crippen molar-refractivity contribution in [3.63, 3.8) is 0 Å². The lowest BCUT2D eigenvalue weighted by Crippen LogP contribution is -2.64. The number of pyridine rings is 1. The van der Waals surface area contributed by atoms with E-state index in [1.165, 1.54) is 6.92 Å². The highest BCUT2D eigenvalue weighted by Gasteiger charge is 2.49. The van der Waals surface area contributed by atoms with Crippen LogP contribution in [0.3, 0.4) is 0 Å². The Kier molecular flexibility index (Phi) is 6.15. The molecule has 3 amide bonds. The van der Waals surface area contributed by atoms with Gasteiger partial charge in [-0.15, -0.1) is 0 Å². The summed E-state index contributed by atoms with van der Waals surface area (Å²) < 4.78 is 7.26. The summed E-state index contributed by atoms with van der Waals surface area (Å²) in [6, 6.07) is 11.1. The smallest absolute Gasteiger partial charge is 0.274 e. The van der Waals surface area contributed by atoms with Crippen LogP contribution in [0, 0.1) is 0 Å². The molecule has 9 nitrogen and oxygen atoms in total. The molecule has 0 spiro atoms. The van der Waals surface area contributed by atoms with Gasteiger partial charge < -0.3 is 24.8 Å². The second-order valence-corrected chi connectivity index (χ2v) is 9.82. The summed E-state index contributed by atoms with van der Waals surface area (Å²) in [5.74, 6) is -0.197. The predicted molar refractivity (Wildman–Crippen MR) is 136 cm³/mol. The summed E-state index contributed by atoms with van der Waals surface area (Å²) in [5, 5.41) is 6.75. The van der Waals surface area contributed by atoms with E-state index in [-0.39, 0.29) is 36.9 Å². The standard InChI is InChI=1S/C27H31N5O4/c1-17(33)29-23-21-14-20(36-3)11-12-22(21)31-16-27(2,26(35)30-18-8-4-5-9-18)32(25(34)24(23)31)15-19-10-6-7-13-28-19/h6-7,10-14,18H,4-5,8-9,15-16H2,1-3H3,(H,29,33)(H,30,35)/t27-/m0/s1. The number of aromatic nitrogens is 2. The van der Waals surface area contributed by atoms with Gasteiger partial charge in [-0.05, 0) is 50.1 Å². The van der Waals surface area contributed by atoms with Gasteiger partial charge in [-0.3, -0.25) is 19.4 Å². The Bertz CT molecular complexity index is 1330. The van der Waals surface area contributed by atoms with Crippen molar-refractivity contribution in [1.29, 1.82) is 0 Å². The van der Waals surface area contributed by atoms with Crippen LogP contribution in [0.2, 0.25) is 0 Å². The highest BCUT2D eigenvalue weighted by atomic mass is 16.5. The monoisotopic (exact) mass is 489 g/mol. The quantitative estimate of drug-likeness (QED) is 0.552. The summed E-state index contributed by atoms with van der Waals surface area (Å²) in [6.07, 6.45) is 5.74. The number of ether oxygens (including phenoxy) is 1. The second kappa shape index (κ2) is 9.29. The van der Waals surface area contributed by atoms with Gasteiger partial charge in [-0.2, -0.15) is 0 Å². The van der Waals surface area contributed by atoms with E-state index in [2.05, 4.69) is 15.6 Å². The molecule has 2 aliphatic rings. The molecule has 0 unspecified atom stereocenters. The van der Waals surface area contributed by atoms with Crippen LogP contribution >= 0.6 is 0 Å². The Morgan fingerprint density at radius 3 is 2.64 bits per heavy atom. The molecule has 3 heterocycles. The Hall–Kier alpha value is -3.88. The van der Waals surface area contributed by atoms with Crippen LogP contribution in [0.25, 0.3) is 10.9 Å². The molecule has 5 rings (SSSR count). The summed E-state index contributed by atoms with van der Waals surface area (Å²) in [5.41, 5.74) is 1.03. The Labute approximate surface area is 209 Å². The van der Waals surface area contributed by atoms with Gasteiger partial charge in [0.05, 0.1) is 37.1 Å². The average molecular weight is 490 g/mol. The van der Waals surface area contributed by atoms with Crippen LogP contribution < -0.4 is 15.4 Å². The largest absolute Gasteiger partial charge is 0.497 e. The molecule has 1 saturated carbocycles. The number of fused-ring (bicyclic) bond motifs is 3. The number of benzene rings is 1. The van der Waals surface area contributed by atoms with E-state index >= 15 is 0 Å². The van der Waals surface area contributed by atoms with Gasteiger partial charge in [0.25, 0.3) is 5.91 Å². The van der Waals surface area contributed by atoms with E-state index in [0.717, 1.165) is 31.2 Å². The Morgan fingerprint density at radius 1 is 1.19 bits per heavy atom. The fraction of sp³-hybridized carbons (Fsp3) is 0.407. The van der Waals surface area contributed by atoms with Gasteiger partial charge in [-0.25, -0.2) is 0 Å². The van der Waals surface area contributed by atoms with Gasteiger partial charge in [0.1, 0.15) is 17.0 Å². The molecule has 1 aliphatic carbocycles. The fourth-order valence-electron chi connectivity index (χ4n) is 5.40. The average Bonchev–Trinajstić information content (AvgIpc) is 3.48. The van der Waals surface area contributed by atoms with Gasteiger partial charge >= 0.3 is 0 Å². The number of hydrogen-bond acceptors (Lipinski definition) is 5. The van der Waals surface area contributed by atoms with Gasteiger partial charge in [0.2, 0.25) is 11.8 Å². The molecule has 36 heavy (non-hydrogen) atoms. The summed E-state index contributed by atoms with van der Waals surface area (Å²) in [7, 11) is 1.57. The number of anilines is 1. The van der Waals surface area contributed by atoms with Crippen molar-refractivity contribution >= 4 is 34.3 Å². The van der Waals surface area contributed by atoms with Crippen LogP contribution in [0.4, 0.5) is 5.69 Å². The third kappa shape index (κ3) is 4.08. The molecule has 1 atom stereocenters. The van der Waals surface area contributed by atoms with Crippen molar-refractivity contribution in [3.05, 3.63) is 54.0 Å². The third-order valence-electron chi connectivity index (χ3n) is 7.31. The van der Waals surface area contributed by atoms with E-state index in [0.29, 0.717) is 28.2 Å². The molecule has 2 N–H and O–H groups in total. The minimum Gasteiger partial charge on any atom is -0.497 e. The molecule has 3 aromatic rings. The second-order valence-electron chi connectivity index (χ2n) is 9.82. The predicted octanol–water partition coefficient (Wildman–Crippen LogP) is 3.48. The van der Waals surface area contributed by atoms with E-state index in [1.807, 2.05) is 41.8 Å². The lowest BCUT2D eigenvalue weighted by Gasteiger charge is -2.44. The number of nitrogens with one attached hydrogen (secondary N) is 2. The molecule has 0 radical (unpaired) electrons. The first-order valence-electron chi connectivity index (χ1n) is 12.3. The number of carbonyl (C=O) groups excluding carboxylic acids is 3. The third-order valence-corrected chi connectivity index (χ3v) is 7.31. The zero-order chi connectivity index (χ0) is 25.4. The van der Waals surface area contributed by atoms with Gasteiger partial charge in [0.15, 0.2) is 0 Å². The molecule has 0 saturated heterocycles. The van der Waals surface area contributed by atoms with E-state index in [9.17, 15) is 14.4 Å². The number of hydrogen-bond donors (Lipinski definition) is 2. The van der Waals surface area contributed by atoms with Crippen LogP contribution in [0.15, 0.2) is 42.6 Å². The minimum absolute atomic E-state index is 0.114. The molecule has 0 bridgehead atoms. The van der Waals surface area contributed by atoms with E-state index < -0.39 is 5.54 Å². The molecule has 9 heteroatoms. The zero-order valence-corrected chi connectivity index (χ0v) is 20.8. The Balaban J connectivity index is 1.66. The van der Waals surface area contributed by atoms with Crippen LogP contribution in [0.1, 0.15) is 55.7 Å². The highest BCUT2D eigenvalue weighted by Crippen LogP contribution is 2.40. The molecule has 2 aromatic heterocycles. The number of methoxy groups -OCH3 is 1. The van der Waals surface area contributed by atoms with Gasteiger partial charge in [0, 0.05) is 24.5 Å². The summed E-state index contributed by atoms with van der Waals surface area (Å²) in [4.78, 5) is 46.2. The zero-order valence-electron chi connectivity index (χ0n) is 20.8. The first-order valence-corrected chi connectivity index (χ1v) is 12.3. The van der Waals surface area contributed by atoms with Crippen molar-refractivity contribution < 1.29 is 19.1 Å². The molecule has 1 fully saturated rings. The summed E-state index contributed by atoms with van der Waals surface area (Å²) >= 11 is 0. The topological polar surface area (TPSA) is 106 Å². The Morgan fingerprint density at radius 2 is 1.97 bits per heavy atom. The maximum atomic E-state index is 14.2. The maximum Gasteiger partial charge on any atom is 0.274 e. The first-order chi connectivity index (χ1) is 17.3. The van der Waals surface area contributed by atoms with Gasteiger partial charge in [-0.1, -0.05) is 18.9 Å².